The number of aliphatic carboxylic acids is 1. The lowest BCUT2D eigenvalue weighted by molar-refractivity contribution is -0.144. The van der Waals surface area contributed by atoms with E-state index in [-0.39, 0.29) is 5.91 Å². The van der Waals surface area contributed by atoms with Gasteiger partial charge in [0.2, 0.25) is 5.89 Å². The molecule has 0 bridgehead atoms. The van der Waals surface area contributed by atoms with E-state index in [2.05, 4.69) is 22.2 Å². The number of thiazole rings is 1. The molecule has 0 spiro atoms. The van der Waals surface area contributed by atoms with Gasteiger partial charge in [-0.3, -0.25) is 14.5 Å². The van der Waals surface area contributed by atoms with Crippen molar-refractivity contribution in [3.8, 4) is 22.6 Å². The van der Waals surface area contributed by atoms with Crippen LogP contribution >= 0.6 is 34.5 Å². The van der Waals surface area contributed by atoms with Crippen molar-refractivity contribution >= 4 is 63.2 Å². The number of nitrogens with zero attached hydrogens (tertiary/aromatic N) is 4. The van der Waals surface area contributed by atoms with E-state index in [0.29, 0.717) is 50.7 Å². The number of hydrogen-bond acceptors (Lipinski definition) is 8. The van der Waals surface area contributed by atoms with Gasteiger partial charge in [-0.05, 0) is 74.3 Å². The summed E-state index contributed by atoms with van der Waals surface area (Å²) in [7, 11) is 2.07. The highest BCUT2D eigenvalue weighted by Crippen LogP contribution is 2.40. The van der Waals surface area contributed by atoms with Crippen molar-refractivity contribution in [2.75, 3.05) is 25.5 Å². The normalized spacial score (nSPS) is 17.1. The first-order chi connectivity index (χ1) is 22.7. The number of anilines is 1. The molecule has 0 aliphatic carbocycles. The van der Waals surface area contributed by atoms with Crippen molar-refractivity contribution in [2.24, 2.45) is 0 Å². The number of benzene rings is 3. The van der Waals surface area contributed by atoms with E-state index in [9.17, 15) is 14.7 Å². The zero-order chi connectivity index (χ0) is 32.8. The number of oxazole rings is 1. The highest BCUT2D eigenvalue weighted by atomic mass is 35.5. The van der Waals surface area contributed by atoms with Gasteiger partial charge in [0, 0.05) is 42.1 Å². The predicted octanol–water partition coefficient (Wildman–Crippen LogP) is 7.91. The second-order valence-electron chi connectivity index (χ2n) is 12.2. The Morgan fingerprint density at radius 2 is 1.85 bits per heavy atom. The van der Waals surface area contributed by atoms with Gasteiger partial charge in [-0.15, -0.1) is 11.3 Å². The van der Waals surface area contributed by atoms with Crippen LogP contribution in [0.15, 0.2) is 52.9 Å². The first-order valence-corrected chi connectivity index (χ1v) is 17.2. The summed E-state index contributed by atoms with van der Waals surface area (Å²) in [5, 5.41) is 14.0. The Morgan fingerprint density at radius 1 is 1.06 bits per heavy atom. The van der Waals surface area contributed by atoms with E-state index in [1.165, 1.54) is 11.3 Å². The van der Waals surface area contributed by atoms with Crippen molar-refractivity contribution in [1.82, 2.24) is 19.8 Å². The predicted molar refractivity (Wildman–Crippen MR) is 185 cm³/mol. The van der Waals surface area contributed by atoms with E-state index < -0.39 is 12.0 Å². The lowest BCUT2D eigenvalue weighted by Crippen LogP contribution is -2.43. The Bertz CT molecular complexity index is 2020. The summed E-state index contributed by atoms with van der Waals surface area (Å²) in [4.78, 5) is 39.8. The van der Waals surface area contributed by atoms with Gasteiger partial charge in [-0.1, -0.05) is 53.9 Å². The van der Waals surface area contributed by atoms with Crippen LogP contribution < -0.4 is 5.32 Å². The standard InChI is InChI=1S/C35H33Cl2N5O4S/c1-19-21(23-9-6-10-26(30(23)37)38-32(43)34-40-25-12-14-41(2)18-29(25)47-34)7-5-8-22(19)33-39-27-16-20(15-24(36)31(27)46-33)17-42-13-4-3-11-28(42)35(44)45/h5-10,15-16,28H,3-4,11-14,17-18H2,1-2H3,(H,38,43)(H,44,45)/t28-/m0/s1. The molecule has 2 aliphatic heterocycles. The van der Waals surface area contributed by atoms with Crippen LogP contribution in [0.3, 0.4) is 0 Å². The Morgan fingerprint density at radius 3 is 2.68 bits per heavy atom. The van der Waals surface area contributed by atoms with Crippen molar-refractivity contribution in [2.45, 2.75) is 51.7 Å². The molecule has 0 saturated carbocycles. The zero-order valence-corrected chi connectivity index (χ0v) is 28.3. The average Bonchev–Trinajstić information content (AvgIpc) is 3.67. The number of rotatable bonds is 7. The summed E-state index contributed by atoms with van der Waals surface area (Å²) < 4.78 is 6.21. The maximum atomic E-state index is 13.2. The van der Waals surface area contributed by atoms with Crippen molar-refractivity contribution in [3.63, 3.8) is 0 Å². The number of amides is 1. The first-order valence-electron chi connectivity index (χ1n) is 15.6. The molecule has 242 valence electrons. The molecule has 9 nitrogen and oxygen atoms in total. The smallest absolute Gasteiger partial charge is 0.320 e. The van der Waals surface area contributed by atoms with Gasteiger partial charge in [-0.25, -0.2) is 9.97 Å². The van der Waals surface area contributed by atoms with Gasteiger partial charge < -0.3 is 19.7 Å². The highest BCUT2D eigenvalue weighted by Gasteiger charge is 2.29. The number of carboxylic acid groups (broad SMARTS) is 1. The van der Waals surface area contributed by atoms with Gasteiger partial charge in [0.05, 0.1) is 21.4 Å². The van der Waals surface area contributed by atoms with E-state index in [1.54, 1.807) is 6.07 Å². The first kappa shape index (κ1) is 31.8. The molecule has 1 fully saturated rings. The number of likely N-dealkylation sites (tertiary alicyclic amines) is 1. The van der Waals surface area contributed by atoms with E-state index in [4.69, 9.17) is 32.6 Å². The number of aromatic nitrogens is 2. The van der Waals surface area contributed by atoms with Crippen LogP contribution in [0.1, 0.15) is 50.8 Å². The van der Waals surface area contributed by atoms with Crippen LogP contribution in [0.4, 0.5) is 5.69 Å². The zero-order valence-electron chi connectivity index (χ0n) is 26.0. The fraction of sp³-hybridized carbons (Fsp3) is 0.314. The summed E-state index contributed by atoms with van der Waals surface area (Å²) in [5.74, 6) is -0.660. The fourth-order valence-corrected chi connectivity index (χ4v) is 8.17. The molecule has 2 aromatic heterocycles. The van der Waals surface area contributed by atoms with Crippen LogP contribution in [0.2, 0.25) is 10.0 Å². The quantitative estimate of drug-likeness (QED) is 0.177. The lowest BCUT2D eigenvalue weighted by Gasteiger charge is -2.32. The number of carbonyl (C=O) groups excluding carboxylic acids is 1. The summed E-state index contributed by atoms with van der Waals surface area (Å²) in [6.07, 6.45) is 3.35. The summed E-state index contributed by atoms with van der Waals surface area (Å²) in [5.41, 5.74) is 6.77. The molecule has 1 amide bonds. The Kier molecular flexibility index (Phi) is 8.80. The second kappa shape index (κ2) is 13.0. The van der Waals surface area contributed by atoms with Gasteiger partial charge in [-0.2, -0.15) is 0 Å². The number of fused-ring (bicyclic) bond motifs is 2. The third kappa shape index (κ3) is 6.28. The van der Waals surface area contributed by atoms with E-state index >= 15 is 0 Å². The van der Waals surface area contributed by atoms with Gasteiger partial charge in [0.1, 0.15) is 11.6 Å². The number of carboxylic acids is 1. The summed E-state index contributed by atoms with van der Waals surface area (Å²) >= 11 is 15.0. The average molecular weight is 691 g/mol. The monoisotopic (exact) mass is 689 g/mol. The topological polar surface area (TPSA) is 112 Å². The molecular weight excluding hydrogens is 657 g/mol. The second-order valence-corrected chi connectivity index (χ2v) is 14.1. The van der Waals surface area contributed by atoms with Gasteiger partial charge >= 0.3 is 5.97 Å². The van der Waals surface area contributed by atoms with Crippen LogP contribution in [0.25, 0.3) is 33.7 Å². The third-order valence-corrected chi connectivity index (χ3v) is 10.8. The van der Waals surface area contributed by atoms with Crippen molar-refractivity contribution < 1.29 is 19.1 Å². The minimum Gasteiger partial charge on any atom is -0.480 e. The van der Waals surface area contributed by atoms with Crippen LogP contribution in [0.5, 0.6) is 0 Å². The van der Waals surface area contributed by atoms with Crippen LogP contribution in [0, 0.1) is 6.92 Å². The minimum absolute atomic E-state index is 0.280. The molecule has 2 N–H and O–H groups in total. The Labute approximate surface area is 286 Å². The molecular formula is C35H33Cl2N5O4S. The fourth-order valence-electron chi connectivity index (χ4n) is 6.54. The highest BCUT2D eigenvalue weighted by molar-refractivity contribution is 7.13. The molecule has 0 radical (unpaired) electrons. The van der Waals surface area contributed by atoms with Crippen LogP contribution in [-0.2, 0) is 24.3 Å². The molecule has 5 aromatic rings. The molecule has 0 unspecified atom stereocenters. The van der Waals surface area contributed by atoms with E-state index in [0.717, 1.165) is 77.3 Å². The number of nitrogens with one attached hydrogen (secondary N) is 1. The summed E-state index contributed by atoms with van der Waals surface area (Å²) in [6.45, 7) is 4.89. The molecule has 4 heterocycles. The van der Waals surface area contributed by atoms with E-state index in [1.807, 2.05) is 54.3 Å². The number of likely N-dealkylation sites (N-methyl/N-ethyl adjacent to an activating group) is 1. The van der Waals surface area contributed by atoms with Crippen LogP contribution in [-0.4, -0.2) is 62.9 Å². The van der Waals surface area contributed by atoms with Crippen molar-refractivity contribution in [1.29, 1.82) is 0 Å². The SMILES string of the molecule is Cc1c(-c2nc3cc(CN4CCCC[C@H]4C(=O)O)cc(Cl)c3o2)cccc1-c1cccc(NC(=O)c2nc3c(s2)CN(C)CC3)c1Cl. The molecule has 47 heavy (non-hydrogen) atoms. The maximum absolute atomic E-state index is 13.2. The molecule has 1 saturated heterocycles. The number of piperidine rings is 1. The molecule has 1 atom stereocenters. The number of carbonyl (C=O) groups is 2. The molecule has 2 aliphatic rings. The molecule has 3 aromatic carbocycles. The van der Waals surface area contributed by atoms with Gasteiger partial charge in [0.15, 0.2) is 10.6 Å². The van der Waals surface area contributed by atoms with Crippen molar-refractivity contribution in [3.05, 3.63) is 85.3 Å². The Balaban J connectivity index is 1.16. The maximum Gasteiger partial charge on any atom is 0.320 e. The van der Waals surface area contributed by atoms with Gasteiger partial charge in [0.25, 0.3) is 5.91 Å². The largest absolute Gasteiger partial charge is 0.480 e. The lowest BCUT2D eigenvalue weighted by atomic mass is 9.96. The number of hydrogen-bond donors (Lipinski definition) is 2. The molecule has 7 rings (SSSR count). The minimum atomic E-state index is -0.796. The third-order valence-electron chi connectivity index (χ3n) is 9.01. The molecule has 12 heteroatoms. The Hall–Kier alpha value is -3.80. The summed E-state index contributed by atoms with van der Waals surface area (Å²) in [6, 6.07) is 14.6. The number of halogens is 2.